The molecule has 0 fully saturated rings. The zero-order valence-corrected chi connectivity index (χ0v) is 9.72. The molecule has 1 unspecified atom stereocenters. The number of fused-ring (bicyclic) bond motifs is 1. The lowest BCUT2D eigenvalue weighted by atomic mass is 10.0. The molecule has 0 saturated heterocycles. The molecule has 1 aliphatic rings. The Bertz CT molecular complexity index is 291. The number of rotatable bonds is 1. The topological polar surface area (TPSA) is 12.0 Å². The molecule has 1 heteroatoms. The molecule has 78 valence electrons. The van der Waals surface area contributed by atoms with E-state index in [9.17, 15) is 0 Å². The summed E-state index contributed by atoms with van der Waals surface area (Å²) >= 11 is 0. The van der Waals surface area contributed by atoms with Gasteiger partial charge in [0.25, 0.3) is 0 Å². The standard InChI is InChI=1S/C11H15N.C2H6/c1-3-9-4-5-11-10(6-9)8(2)7-12-11;1-2/h4-6,8,12H,3,7H2,1-2H3;1-2H3. The van der Waals surface area contributed by atoms with Crippen LogP contribution in [-0.2, 0) is 6.42 Å². The van der Waals surface area contributed by atoms with E-state index in [-0.39, 0.29) is 0 Å². The van der Waals surface area contributed by atoms with Crippen LogP contribution in [0.2, 0.25) is 0 Å². The maximum absolute atomic E-state index is 3.40. The Hall–Kier alpha value is -0.980. The van der Waals surface area contributed by atoms with Gasteiger partial charge < -0.3 is 5.32 Å². The van der Waals surface area contributed by atoms with Crippen molar-refractivity contribution in [2.24, 2.45) is 0 Å². The van der Waals surface area contributed by atoms with Crippen LogP contribution in [0.5, 0.6) is 0 Å². The molecule has 1 aromatic carbocycles. The van der Waals surface area contributed by atoms with Gasteiger partial charge in [0.2, 0.25) is 0 Å². The first-order valence-electron chi connectivity index (χ1n) is 5.68. The van der Waals surface area contributed by atoms with Crippen LogP contribution in [-0.4, -0.2) is 6.54 Å². The molecule has 1 atom stereocenters. The van der Waals surface area contributed by atoms with Crippen LogP contribution in [0.3, 0.4) is 0 Å². The van der Waals surface area contributed by atoms with Gasteiger partial charge in [0.1, 0.15) is 0 Å². The van der Waals surface area contributed by atoms with Crippen LogP contribution < -0.4 is 5.32 Å². The summed E-state index contributed by atoms with van der Waals surface area (Å²) in [5, 5.41) is 3.40. The lowest BCUT2D eigenvalue weighted by Crippen LogP contribution is -1.95. The van der Waals surface area contributed by atoms with E-state index in [1.54, 1.807) is 0 Å². The Kier molecular flexibility index (Phi) is 3.99. The Balaban J connectivity index is 0.000000461. The average molecular weight is 191 g/mol. The second kappa shape index (κ2) is 5.04. The molecule has 0 aliphatic carbocycles. The number of aryl methyl sites for hydroxylation is 1. The SMILES string of the molecule is CC.CCc1ccc2c(c1)C(C)CN2. The fraction of sp³-hybridized carbons (Fsp3) is 0.538. The van der Waals surface area contributed by atoms with E-state index in [4.69, 9.17) is 0 Å². The lowest BCUT2D eigenvalue weighted by Gasteiger charge is -2.04. The van der Waals surface area contributed by atoms with Crippen molar-refractivity contribution in [3.63, 3.8) is 0 Å². The predicted octanol–water partition coefficient (Wildman–Crippen LogP) is 3.80. The number of hydrogen-bond donors (Lipinski definition) is 1. The minimum atomic E-state index is 0.687. The molecule has 0 spiro atoms. The summed E-state index contributed by atoms with van der Waals surface area (Å²) in [5.74, 6) is 0.687. The highest BCUT2D eigenvalue weighted by Gasteiger charge is 2.17. The van der Waals surface area contributed by atoms with Gasteiger partial charge in [0.05, 0.1) is 0 Å². The van der Waals surface area contributed by atoms with Crippen molar-refractivity contribution in [2.45, 2.75) is 40.0 Å². The summed E-state index contributed by atoms with van der Waals surface area (Å²) in [6.07, 6.45) is 1.14. The van der Waals surface area contributed by atoms with Gasteiger partial charge in [-0.3, -0.25) is 0 Å². The van der Waals surface area contributed by atoms with E-state index in [1.165, 1.54) is 16.8 Å². The summed E-state index contributed by atoms with van der Waals surface area (Å²) in [7, 11) is 0. The van der Waals surface area contributed by atoms with Crippen LogP contribution in [0, 0.1) is 0 Å². The van der Waals surface area contributed by atoms with Crippen molar-refractivity contribution >= 4 is 5.69 Å². The molecule has 1 aliphatic heterocycles. The van der Waals surface area contributed by atoms with Crippen molar-refractivity contribution in [1.82, 2.24) is 0 Å². The third-order valence-corrected chi connectivity index (χ3v) is 2.65. The smallest absolute Gasteiger partial charge is 0.0376 e. The van der Waals surface area contributed by atoms with Gasteiger partial charge in [-0.2, -0.15) is 0 Å². The molecule has 2 rings (SSSR count). The second-order valence-corrected chi connectivity index (χ2v) is 3.56. The van der Waals surface area contributed by atoms with Gasteiger partial charge in [-0.15, -0.1) is 0 Å². The normalized spacial score (nSPS) is 17.9. The van der Waals surface area contributed by atoms with E-state index in [0.717, 1.165) is 13.0 Å². The Labute approximate surface area is 87.5 Å². The monoisotopic (exact) mass is 191 g/mol. The van der Waals surface area contributed by atoms with Gasteiger partial charge in [0, 0.05) is 18.2 Å². The van der Waals surface area contributed by atoms with Crippen molar-refractivity contribution in [3.8, 4) is 0 Å². The molecule has 1 nitrogen and oxygen atoms in total. The second-order valence-electron chi connectivity index (χ2n) is 3.56. The first-order valence-corrected chi connectivity index (χ1v) is 5.68. The highest BCUT2D eigenvalue weighted by atomic mass is 14.9. The van der Waals surface area contributed by atoms with Gasteiger partial charge in [0.15, 0.2) is 0 Å². The average Bonchev–Trinajstić information content (AvgIpc) is 2.63. The quantitative estimate of drug-likeness (QED) is 0.712. The fourth-order valence-corrected chi connectivity index (χ4v) is 1.77. The number of benzene rings is 1. The molecule has 0 amide bonds. The molecule has 1 heterocycles. The van der Waals surface area contributed by atoms with E-state index >= 15 is 0 Å². The summed E-state index contributed by atoms with van der Waals surface area (Å²) < 4.78 is 0. The van der Waals surface area contributed by atoms with Crippen molar-refractivity contribution < 1.29 is 0 Å². The first kappa shape index (κ1) is 11.1. The maximum atomic E-state index is 3.40. The number of hydrogen-bond acceptors (Lipinski definition) is 1. The third-order valence-electron chi connectivity index (χ3n) is 2.65. The largest absolute Gasteiger partial charge is 0.384 e. The molecule has 14 heavy (non-hydrogen) atoms. The van der Waals surface area contributed by atoms with Gasteiger partial charge in [-0.25, -0.2) is 0 Å². The van der Waals surface area contributed by atoms with Crippen LogP contribution in [0.4, 0.5) is 5.69 Å². The van der Waals surface area contributed by atoms with Crippen molar-refractivity contribution in [1.29, 1.82) is 0 Å². The predicted molar refractivity (Wildman–Crippen MR) is 64.1 cm³/mol. The summed E-state index contributed by atoms with van der Waals surface area (Å²) in [6.45, 7) is 9.58. The maximum Gasteiger partial charge on any atom is 0.0376 e. The molecule has 1 N–H and O–H groups in total. The van der Waals surface area contributed by atoms with E-state index in [0.29, 0.717) is 5.92 Å². The zero-order valence-electron chi connectivity index (χ0n) is 9.72. The lowest BCUT2D eigenvalue weighted by molar-refractivity contribution is 0.852. The minimum absolute atomic E-state index is 0.687. The van der Waals surface area contributed by atoms with Crippen LogP contribution in [0.15, 0.2) is 18.2 Å². The highest BCUT2D eigenvalue weighted by molar-refractivity contribution is 5.58. The van der Waals surface area contributed by atoms with Gasteiger partial charge in [-0.05, 0) is 23.6 Å². The fourth-order valence-electron chi connectivity index (χ4n) is 1.77. The zero-order chi connectivity index (χ0) is 10.6. The molecule has 1 aromatic rings. The Morgan fingerprint density at radius 2 is 2.07 bits per heavy atom. The number of anilines is 1. The van der Waals surface area contributed by atoms with E-state index < -0.39 is 0 Å². The third kappa shape index (κ3) is 2.09. The van der Waals surface area contributed by atoms with Gasteiger partial charge >= 0.3 is 0 Å². The van der Waals surface area contributed by atoms with Crippen LogP contribution in [0.25, 0.3) is 0 Å². The molecule has 0 radical (unpaired) electrons. The molecule has 0 aromatic heterocycles. The number of nitrogens with one attached hydrogen (secondary N) is 1. The van der Waals surface area contributed by atoms with Gasteiger partial charge in [-0.1, -0.05) is 39.8 Å². The van der Waals surface area contributed by atoms with E-state index in [2.05, 4.69) is 37.4 Å². The Morgan fingerprint density at radius 3 is 2.71 bits per heavy atom. The van der Waals surface area contributed by atoms with Crippen molar-refractivity contribution in [2.75, 3.05) is 11.9 Å². The summed E-state index contributed by atoms with van der Waals surface area (Å²) in [5.41, 5.74) is 4.28. The van der Waals surface area contributed by atoms with Crippen LogP contribution in [0.1, 0.15) is 44.7 Å². The molecule has 0 saturated carbocycles. The van der Waals surface area contributed by atoms with Crippen molar-refractivity contribution in [3.05, 3.63) is 29.3 Å². The Morgan fingerprint density at radius 1 is 1.36 bits per heavy atom. The molecular formula is C13H21N. The minimum Gasteiger partial charge on any atom is -0.384 e. The van der Waals surface area contributed by atoms with Crippen LogP contribution >= 0.6 is 0 Å². The molecular weight excluding hydrogens is 170 g/mol. The van der Waals surface area contributed by atoms with E-state index in [1.807, 2.05) is 13.8 Å². The summed E-state index contributed by atoms with van der Waals surface area (Å²) in [4.78, 5) is 0. The first-order chi connectivity index (χ1) is 6.81. The summed E-state index contributed by atoms with van der Waals surface area (Å²) in [6, 6.07) is 6.75. The highest BCUT2D eigenvalue weighted by Crippen LogP contribution is 2.31. The molecule has 0 bridgehead atoms.